The molecule has 0 bridgehead atoms. The summed E-state index contributed by atoms with van der Waals surface area (Å²) in [6, 6.07) is 1.76. The van der Waals surface area contributed by atoms with Gasteiger partial charge in [0, 0.05) is 19.3 Å². The van der Waals surface area contributed by atoms with E-state index in [9.17, 15) is 4.79 Å². The van der Waals surface area contributed by atoms with Crippen LogP contribution in [0.5, 0.6) is 0 Å². The second kappa shape index (κ2) is 5.38. The molecule has 0 spiro atoms. The number of carbonyl (C=O) groups excluding carboxylic acids is 1. The lowest BCUT2D eigenvalue weighted by molar-refractivity contribution is 0.0891. The van der Waals surface area contributed by atoms with Crippen molar-refractivity contribution in [3.8, 4) is 0 Å². The van der Waals surface area contributed by atoms with Crippen molar-refractivity contribution in [2.45, 2.75) is 33.1 Å². The Bertz CT molecular complexity index is 427. The number of carbonyl (C=O) groups is 1. The van der Waals surface area contributed by atoms with Crippen molar-refractivity contribution >= 4 is 11.6 Å². The standard InChI is InChI=1S/C14H21N3O/c1-3-16-12-9-15-8-5-11(12)13(18)17-10-14(2)6-4-7-14/h5,8-9,16H,3-4,6-7,10H2,1-2H3,(H,17,18). The van der Waals surface area contributed by atoms with Gasteiger partial charge < -0.3 is 10.6 Å². The lowest BCUT2D eigenvalue weighted by Gasteiger charge is -2.38. The van der Waals surface area contributed by atoms with Gasteiger partial charge in [-0.15, -0.1) is 0 Å². The van der Waals surface area contributed by atoms with E-state index in [0.717, 1.165) is 18.8 Å². The Morgan fingerprint density at radius 1 is 1.50 bits per heavy atom. The highest BCUT2D eigenvalue weighted by Crippen LogP contribution is 2.39. The SMILES string of the molecule is CCNc1cnccc1C(=O)NCC1(C)CCC1. The molecule has 4 nitrogen and oxygen atoms in total. The van der Waals surface area contributed by atoms with Crippen LogP contribution in [0.3, 0.4) is 0 Å². The molecule has 0 saturated heterocycles. The molecule has 18 heavy (non-hydrogen) atoms. The molecule has 1 aliphatic carbocycles. The van der Waals surface area contributed by atoms with Gasteiger partial charge >= 0.3 is 0 Å². The number of anilines is 1. The van der Waals surface area contributed by atoms with E-state index in [0.29, 0.717) is 11.0 Å². The van der Waals surface area contributed by atoms with Gasteiger partial charge in [-0.1, -0.05) is 13.3 Å². The van der Waals surface area contributed by atoms with Gasteiger partial charge in [0.2, 0.25) is 0 Å². The molecule has 1 fully saturated rings. The Hall–Kier alpha value is -1.58. The van der Waals surface area contributed by atoms with Crippen LogP contribution in [-0.4, -0.2) is 24.0 Å². The number of amides is 1. The maximum Gasteiger partial charge on any atom is 0.253 e. The number of rotatable bonds is 5. The van der Waals surface area contributed by atoms with Gasteiger partial charge in [0.05, 0.1) is 17.4 Å². The fourth-order valence-corrected chi connectivity index (χ4v) is 2.27. The van der Waals surface area contributed by atoms with Gasteiger partial charge in [-0.2, -0.15) is 0 Å². The number of nitrogens with one attached hydrogen (secondary N) is 2. The molecule has 0 aliphatic heterocycles. The summed E-state index contributed by atoms with van der Waals surface area (Å²) in [5, 5.41) is 6.19. The monoisotopic (exact) mass is 247 g/mol. The van der Waals surface area contributed by atoms with Crippen molar-refractivity contribution < 1.29 is 4.79 Å². The van der Waals surface area contributed by atoms with Crippen LogP contribution in [0.2, 0.25) is 0 Å². The molecular weight excluding hydrogens is 226 g/mol. The maximum atomic E-state index is 12.1. The third-order valence-electron chi connectivity index (χ3n) is 3.67. The number of aromatic nitrogens is 1. The van der Waals surface area contributed by atoms with Gasteiger partial charge in [0.15, 0.2) is 0 Å². The summed E-state index contributed by atoms with van der Waals surface area (Å²) in [7, 11) is 0. The molecule has 1 saturated carbocycles. The van der Waals surface area contributed by atoms with Crippen LogP contribution in [-0.2, 0) is 0 Å². The minimum atomic E-state index is -0.0125. The zero-order valence-electron chi connectivity index (χ0n) is 11.1. The van der Waals surface area contributed by atoms with E-state index in [2.05, 4.69) is 22.5 Å². The van der Waals surface area contributed by atoms with Gasteiger partial charge in [0.25, 0.3) is 5.91 Å². The molecule has 0 atom stereocenters. The number of hydrogen-bond acceptors (Lipinski definition) is 3. The quantitative estimate of drug-likeness (QED) is 0.840. The summed E-state index contributed by atoms with van der Waals surface area (Å²) >= 11 is 0. The van der Waals surface area contributed by atoms with E-state index < -0.39 is 0 Å². The van der Waals surface area contributed by atoms with Crippen LogP contribution >= 0.6 is 0 Å². The van der Waals surface area contributed by atoms with E-state index in [1.54, 1.807) is 18.5 Å². The van der Waals surface area contributed by atoms with Crippen molar-refractivity contribution in [2.75, 3.05) is 18.4 Å². The minimum absolute atomic E-state index is 0.0125. The fourth-order valence-electron chi connectivity index (χ4n) is 2.27. The van der Waals surface area contributed by atoms with Crippen molar-refractivity contribution in [1.29, 1.82) is 0 Å². The van der Waals surface area contributed by atoms with Crippen LogP contribution < -0.4 is 10.6 Å². The van der Waals surface area contributed by atoms with E-state index in [1.165, 1.54) is 19.3 Å². The van der Waals surface area contributed by atoms with Gasteiger partial charge in [-0.25, -0.2) is 0 Å². The van der Waals surface area contributed by atoms with Crippen LogP contribution in [0.25, 0.3) is 0 Å². The van der Waals surface area contributed by atoms with E-state index in [1.807, 2.05) is 6.92 Å². The summed E-state index contributed by atoms with van der Waals surface area (Å²) in [6.07, 6.45) is 7.06. The van der Waals surface area contributed by atoms with E-state index >= 15 is 0 Å². The molecule has 2 N–H and O–H groups in total. The molecule has 4 heteroatoms. The Balaban J connectivity index is 1.99. The summed E-state index contributed by atoms with van der Waals surface area (Å²) in [6.45, 7) is 5.78. The lowest BCUT2D eigenvalue weighted by Crippen LogP contribution is -2.40. The zero-order chi connectivity index (χ0) is 13.0. The molecule has 1 aliphatic rings. The van der Waals surface area contributed by atoms with Gasteiger partial charge in [0.1, 0.15) is 0 Å². The van der Waals surface area contributed by atoms with E-state index in [-0.39, 0.29) is 5.91 Å². The number of nitrogens with zero attached hydrogens (tertiary/aromatic N) is 1. The fraction of sp³-hybridized carbons (Fsp3) is 0.571. The molecule has 2 rings (SSSR count). The average Bonchev–Trinajstić information content (AvgIpc) is 2.35. The van der Waals surface area contributed by atoms with Crippen LogP contribution in [0.15, 0.2) is 18.5 Å². The molecule has 1 amide bonds. The van der Waals surface area contributed by atoms with E-state index in [4.69, 9.17) is 0 Å². The topological polar surface area (TPSA) is 54.0 Å². The van der Waals surface area contributed by atoms with Crippen molar-refractivity contribution in [1.82, 2.24) is 10.3 Å². The molecule has 0 radical (unpaired) electrons. The van der Waals surface area contributed by atoms with Gasteiger partial charge in [-0.3, -0.25) is 9.78 Å². The minimum Gasteiger partial charge on any atom is -0.383 e. The lowest BCUT2D eigenvalue weighted by atomic mass is 9.70. The third kappa shape index (κ3) is 2.81. The highest BCUT2D eigenvalue weighted by Gasteiger charge is 2.32. The van der Waals surface area contributed by atoms with Crippen molar-refractivity contribution in [3.05, 3.63) is 24.0 Å². The molecule has 1 aromatic rings. The Kier molecular flexibility index (Phi) is 3.84. The first kappa shape index (κ1) is 12.9. The maximum absolute atomic E-state index is 12.1. The second-order valence-corrected chi connectivity index (χ2v) is 5.30. The first-order chi connectivity index (χ1) is 8.64. The normalized spacial score (nSPS) is 16.8. The average molecular weight is 247 g/mol. The second-order valence-electron chi connectivity index (χ2n) is 5.30. The number of hydrogen-bond donors (Lipinski definition) is 2. The smallest absolute Gasteiger partial charge is 0.253 e. The summed E-state index contributed by atoms with van der Waals surface area (Å²) < 4.78 is 0. The summed E-state index contributed by atoms with van der Waals surface area (Å²) in [4.78, 5) is 16.2. The summed E-state index contributed by atoms with van der Waals surface area (Å²) in [5.74, 6) is -0.0125. The predicted octanol–water partition coefficient (Wildman–Crippen LogP) is 2.43. The Labute approximate surface area is 108 Å². The Morgan fingerprint density at radius 2 is 2.28 bits per heavy atom. The third-order valence-corrected chi connectivity index (χ3v) is 3.67. The number of pyridine rings is 1. The molecule has 98 valence electrons. The molecule has 1 aromatic heterocycles. The van der Waals surface area contributed by atoms with Gasteiger partial charge in [-0.05, 0) is 31.2 Å². The first-order valence-corrected chi connectivity index (χ1v) is 6.61. The highest BCUT2D eigenvalue weighted by atomic mass is 16.1. The summed E-state index contributed by atoms with van der Waals surface area (Å²) in [5.41, 5.74) is 1.78. The Morgan fingerprint density at radius 3 is 2.89 bits per heavy atom. The van der Waals surface area contributed by atoms with Crippen LogP contribution in [0.4, 0.5) is 5.69 Å². The predicted molar refractivity (Wildman–Crippen MR) is 72.7 cm³/mol. The van der Waals surface area contributed by atoms with Crippen molar-refractivity contribution in [3.63, 3.8) is 0 Å². The van der Waals surface area contributed by atoms with Crippen LogP contribution in [0.1, 0.15) is 43.5 Å². The van der Waals surface area contributed by atoms with Crippen LogP contribution in [0, 0.1) is 5.41 Å². The van der Waals surface area contributed by atoms with Crippen molar-refractivity contribution in [2.24, 2.45) is 5.41 Å². The largest absolute Gasteiger partial charge is 0.383 e. The molecule has 0 aromatic carbocycles. The molecule has 0 unspecified atom stereocenters. The first-order valence-electron chi connectivity index (χ1n) is 6.61. The zero-order valence-corrected chi connectivity index (χ0v) is 11.1. The highest BCUT2D eigenvalue weighted by molar-refractivity contribution is 5.99. The molecular formula is C14H21N3O. The molecule has 1 heterocycles.